The van der Waals surface area contributed by atoms with Crippen molar-refractivity contribution in [1.82, 2.24) is 9.55 Å². The smallest absolute Gasteiger partial charge is 0.354 e. The normalized spacial score (nSPS) is 10.9. The van der Waals surface area contributed by atoms with Gasteiger partial charge >= 0.3 is 5.97 Å². The van der Waals surface area contributed by atoms with Crippen molar-refractivity contribution in [3.63, 3.8) is 0 Å². The lowest BCUT2D eigenvalue weighted by Gasteiger charge is -2.13. The highest BCUT2D eigenvalue weighted by Crippen LogP contribution is 2.31. The first kappa shape index (κ1) is 13.4. The second kappa shape index (κ2) is 5.40. The minimum Gasteiger partial charge on any atom is -0.461 e. The Bertz CT molecular complexity index is 789. The summed E-state index contributed by atoms with van der Waals surface area (Å²) in [4.78, 5) is 16.7. The maximum absolute atomic E-state index is 12.1. The molecule has 0 fully saturated rings. The van der Waals surface area contributed by atoms with E-state index in [-0.39, 0.29) is 5.97 Å². The Balaban J connectivity index is 2.25. The van der Waals surface area contributed by atoms with Crippen LogP contribution in [0.1, 0.15) is 17.4 Å². The maximum atomic E-state index is 12.1. The van der Waals surface area contributed by atoms with E-state index in [1.807, 2.05) is 41.1 Å². The molecule has 2 aliphatic heterocycles. The molecule has 2 aliphatic rings. The number of benzene rings is 1. The number of ether oxygens (including phenoxy) is 1. The van der Waals surface area contributed by atoms with Crippen LogP contribution in [0.15, 0.2) is 49.2 Å². The first-order valence-electron chi connectivity index (χ1n) is 6.91. The van der Waals surface area contributed by atoms with E-state index in [1.165, 1.54) is 0 Å². The van der Waals surface area contributed by atoms with Crippen molar-refractivity contribution in [3.05, 3.63) is 54.9 Å². The van der Waals surface area contributed by atoms with Crippen LogP contribution in [0, 0.1) is 0 Å². The summed E-state index contributed by atoms with van der Waals surface area (Å²) in [6, 6.07) is 9.76. The minimum atomic E-state index is -0.327. The molecule has 21 heavy (non-hydrogen) atoms. The number of nitrogens with zero attached hydrogens (tertiary/aromatic N) is 2. The summed E-state index contributed by atoms with van der Waals surface area (Å²) in [7, 11) is 0. The van der Waals surface area contributed by atoms with Gasteiger partial charge in [0.05, 0.1) is 17.8 Å². The summed E-state index contributed by atoms with van der Waals surface area (Å²) in [5.74, 6) is -0.327. The van der Waals surface area contributed by atoms with Gasteiger partial charge in [-0.1, -0.05) is 24.3 Å². The highest BCUT2D eigenvalue weighted by atomic mass is 16.5. The molecule has 0 aliphatic carbocycles. The molecule has 1 aromatic carbocycles. The Kier molecular flexibility index (Phi) is 3.44. The highest BCUT2D eigenvalue weighted by molar-refractivity contribution is 5.99. The second-order valence-corrected chi connectivity index (χ2v) is 4.75. The van der Waals surface area contributed by atoms with Crippen molar-refractivity contribution < 1.29 is 9.53 Å². The predicted octanol–water partition coefficient (Wildman–Crippen LogP) is 3.50. The Morgan fingerprint density at radius 3 is 3.00 bits per heavy atom. The van der Waals surface area contributed by atoms with Crippen molar-refractivity contribution in [3.8, 4) is 11.3 Å². The van der Waals surface area contributed by atoms with Crippen LogP contribution in [0.4, 0.5) is 0 Å². The van der Waals surface area contributed by atoms with Crippen molar-refractivity contribution in [2.24, 2.45) is 0 Å². The highest BCUT2D eigenvalue weighted by Gasteiger charge is 2.18. The van der Waals surface area contributed by atoms with Gasteiger partial charge in [0, 0.05) is 23.7 Å². The van der Waals surface area contributed by atoms with Crippen molar-refractivity contribution >= 4 is 16.9 Å². The van der Waals surface area contributed by atoms with Gasteiger partial charge in [0.1, 0.15) is 5.69 Å². The zero-order chi connectivity index (χ0) is 14.8. The Morgan fingerprint density at radius 1 is 1.43 bits per heavy atom. The van der Waals surface area contributed by atoms with Crippen LogP contribution in [0.25, 0.3) is 22.2 Å². The number of allylic oxidation sites excluding steroid dienone is 1. The van der Waals surface area contributed by atoms with Gasteiger partial charge in [0.25, 0.3) is 0 Å². The van der Waals surface area contributed by atoms with E-state index < -0.39 is 0 Å². The SMILES string of the molecule is C=CCn1cc2nc3ccccc3c-2cc1C(=O)OCC. The third-order valence-electron chi connectivity index (χ3n) is 3.39. The summed E-state index contributed by atoms with van der Waals surface area (Å²) in [6.45, 7) is 6.42. The Labute approximate surface area is 123 Å². The van der Waals surface area contributed by atoms with Gasteiger partial charge in [-0.25, -0.2) is 9.78 Å². The van der Waals surface area contributed by atoms with Crippen LogP contribution in [0.5, 0.6) is 0 Å². The monoisotopic (exact) mass is 280 g/mol. The van der Waals surface area contributed by atoms with Crippen molar-refractivity contribution in [2.75, 3.05) is 6.61 Å². The molecule has 1 aromatic rings. The average Bonchev–Trinajstić information content (AvgIpc) is 2.84. The zero-order valence-corrected chi connectivity index (χ0v) is 11.9. The number of aromatic nitrogens is 2. The molecular formula is C17H16N2O2. The Morgan fingerprint density at radius 2 is 2.24 bits per heavy atom. The third kappa shape index (κ3) is 2.29. The molecule has 0 atom stereocenters. The van der Waals surface area contributed by atoms with Gasteiger partial charge in [-0.15, -0.1) is 6.58 Å². The fourth-order valence-corrected chi connectivity index (χ4v) is 2.49. The van der Waals surface area contributed by atoms with Crippen molar-refractivity contribution in [2.45, 2.75) is 13.5 Å². The van der Waals surface area contributed by atoms with E-state index in [0.29, 0.717) is 18.8 Å². The molecule has 106 valence electrons. The zero-order valence-electron chi connectivity index (χ0n) is 11.9. The predicted molar refractivity (Wildman–Crippen MR) is 82.5 cm³/mol. The van der Waals surface area contributed by atoms with Gasteiger partial charge < -0.3 is 9.30 Å². The number of hydrogen-bond donors (Lipinski definition) is 0. The average molecular weight is 280 g/mol. The van der Waals surface area contributed by atoms with Crippen LogP contribution in [0.2, 0.25) is 0 Å². The molecule has 0 bridgehead atoms. The van der Waals surface area contributed by atoms with Crippen molar-refractivity contribution in [1.29, 1.82) is 0 Å². The largest absolute Gasteiger partial charge is 0.461 e. The summed E-state index contributed by atoms with van der Waals surface area (Å²) in [6.07, 6.45) is 3.63. The summed E-state index contributed by atoms with van der Waals surface area (Å²) in [5, 5.41) is 1.05. The standard InChI is InChI=1S/C17H16N2O2/c1-3-9-19-11-15-13(10-16(19)17(20)21-4-2)12-7-5-6-8-14(12)18-15/h3,5-8,10-11H,1,4,9H2,2H3. The van der Waals surface area contributed by atoms with Crippen LogP contribution < -0.4 is 0 Å². The molecule has 0 aromatic heterocycles. The lowest BCUT2D eigenvalue weighted by atomic mass is 10.1. The number of esters is 1. The molecule has 3 rings (SSSR count). The first-order chi connectivity index (χ1) is 10.2. The summed E-state index contributed by atoms with van der Waals surface area (Å²) >= 11 is 0. The number of fused-ring (bicyclic) bond motifs is 3. The second-order valence-electron chi connectivity index (χ2n) is 4.75. The van der Waals surface area contributed by atoms with Gasteiger partial charge in [0.15, 0.2) is 0 Å². The van der Waals surface area contributed by atoms with Crippen LogP contribution in [-0.4, -0.2) is 22.1 Å². The number of hydrogen-bond acceptors (Lipinski definition) is 3. The van der Waals surface area contributed by atoms with Crippen LogP contribution in [0.3, 0.4) is 0 Å². The number of carbonyl (C=O) groups is 1. The molecule has 4 nitrogen and oxygen atoms in total. The van der Waals surface area contributed by atoms with Gasteiger partial charge in [-0.05, 0) is 19.1 Å². The minimum absolute atomic E-state index is 0.327. The topological polar surface area (TPSA) is 44.1 Å². The van der Waals surface area contributed by atoms with Crippen LogP contribution in [-0.2, 0) is 11.3 Å². The first-order valence-corrected chi connectivity index (χ1v) is 6.91. The van der Waals surface area contributed by atoms with E-state index in [4.69, 9.17) is 4.74 Å². The van der Waals surface area contributed by atoms with E-state index in [1.54, 1.807) is 13.0 Å². The molecule has 0 N–H and O–H groups in total. The molecule has 0 unspecified atom stereocenters. The number of rotatable bonds is 4. The summed E-state index contributed by atoms with van der Waals surface area (Å²) < 4.78 is 6.96. The quantitative estimate of drug-likeness (QED) is 0.542. The molecule has 2 heterocycles. The van der Waals surface area contributed by atoms with E-state index >= 15 is 0 Å². The van der Waals surface area contributed by atoms with Gasteiger partial charge in [-0.2, -0.15) is 0 Å². The maximum Gasteiger partial charge on any atom is 0.354 e. The lowest BCUT2D eigenvalue weighted by molar-refractivity contribution is 0.0513. The fraction of sp³-hybridized carbons (Fsp3) is 0.176. The van der Waals surface area contributed by atoms with E-state index in [9.17, 15) is 4.79 Å². The third-order valence-corrected chi connectivity index (χ3v) is 3.39. The fourth-order valence-electron chi connectivity index (χ4n) is 2.49. The molecule has 0 saturated heterocycles. The van der Waals surface area contributed by atoms with Crippen LogP contribution >= 0.6 is 0 Å². The number of carbonyl (C=O) groups excluding carboxylic acids is 1. The van der Waals surface area contributed by atoms with E-state index in [0.717, 1.165) is 22.2 Å². The lowest BCUT2D eigenvalue weighted by Crippen LogP contribution is -2.15. The van der Waals surface area contributed by atoms with Gasteiger partial charge in [0.2, 0.25) is 0 Å². The molecule has 0 spiro atoms. The molecule has 0 radical (unpaired) electrons. The molecule has 0 amide bonds. The Hall–Kier alpha value is -2.62. The van der Waals surface area contributed by atoms with Gasteiger partial charge in [-0.3, -0.25) is 0 Å². The summed E-state index contributed by atoms with van der Waals surface area (Å²) in [5.41, 5.74) is 3.28. The number of para-hydroxylation sites is 1. The molecule has 4 heteroatoms. The number of pyridine rings is 1. The molecular weight excluding hydrogens is 264 g/mol. The molecule has 0 saturated carbocycles. The van der Waals surface area contributed by atoms with E-state index in [2.05, 4.69) is 11.6 Å².